The summed E-state index contributed by atoms with van der Waals surface area (Å²) in [5.41, 5.74) is -0.424. The third-order valence-corrected chi connectivity index (χ3v) is 5.21. The maximum Gasteiger partial charge on any atom is 0.407 e. The Morgan fingerprint density at radius 1 is 0.957 bits per heavy atom. The van der Waals surface area contributed by atoms with Crippen LogP contribution in [0.15, 0.2) is 0 Å². The zero-order chi connectivity index (χ0) is 16.9. The molecular formula is C19H36N2O2. The van der Waals surface area contributed by atoms with Crippen molar-refractivity contribution in [2.24, 2.45) is 5.92 Å². The number of hydrogen-bond acceptors (Lipinski definition) is 3. The minimum atomic E-state index is -0.424. The van der Waals surface area contributed by atoms with Gasteiger partial charge < -0.3 is 15.4 Å². The van der Waals surface area contributed by atoms with Gasteiger partial charge in [0.25, 0.3) is 0 Å². The summed E-state index contributed by atoms with van der Waals surface area (Å²) in [5, 5.41) is 6.97. The summed E-state index contributed by atoms with van der Waals surface area (Å²) in [6.45, 7) is 8.12. The van der Waals surface area contributed by atoms with E-state index in [0.29, 0.717) is 12.1 Å². The number of ether oxygens (including phenoxy) is 1. The summed E-state index contributed by atoms with van der Waals surface area (Å²) >= 11 is 0. The molecule has 2 rings (SSSR count). The number of rotatable bonds is 3. The van der Waals surface area contributed by atoms with Crippen molar-refractivity contribution < 1.29 is 9.53 Å². The molecule has 2 fully saturated rings. The van der Waals surface area contributed by atoms with E-state index in [1.807, 2.05) is 20.8 Å². The van der Waals surface area contributed by atoms with E-state index in [4.69, 9.17) is 4.74 Å². The second kappa shape index (κ2) is 8.36. The molecule has 4 unspecified atom stereocenters. The van der Waals surface area contributed by atoms with Crippen molar-refractivity contribution in [2.75, 3.05) is 0 Å². The lowest BCUT2D eigenvalue weighted by atomic mass is 9.88. The number of hydrogen-bond donors (Lipinski definition) is 2. The Kier molecular flexibility index (Phi) is 6.75. The average molecular weight is 325 g/mol. The topological polar surface area (TPSA) is 50.4 Å². The van der Waals surface area contributed by atoms with Crippen LogP contribution in [0.2, 0.25) is 0 Å². The van der Waals surface area contributed by atoms with Crippen molar-refractivity contribution in [3.8, 4) is 0 Å². The van der Waals surface area contributed by atoms with Crippen molar-refractivity contribution in [1.29, 1.82) is 0 Å². The van der Waals surface area contributed by atoms with Gasteiger partial charge >= 0.3 is 6.09 Å². The standard InChI is InChI=1S/C19H36N2O2/c1-14-9-6-5-7-12-17(14)20-15-10-8-11-16(13-15)21-18(22)23-19(2,3)4/h14-17,20H,5-13H2,1-4H3,(H,21,22). The van der Waals surface area contributed by atoms with Gasteiger partial charge in [-0.2, -0.15) is 0 Å². The van der Waals surface area contributed by atoms with E-state index < -0.39 is 5.60 Å². The lowest BCUT2D eigenvalue weighted by molar-refractivity contribution is 0.0487. The molecule has 134 valence electrons. The van der Waals surface area contributed by atoms with E-state index >= 15 is 0 Å². The minimum Gasteiger partial charge on any atom is -0.444 e. The molecule has 2 saturated carbocycles. The number of carbonyl (C=O) groups is 1. The molecule has 0 aromatic carbocycles. The highest BCUT2D eigenvalue weighted by Crippen LogP contribution is 2.26. The molecule has 23 heavy (non-hydrogen) atoms. The molecule has 4 nitrogen and oxygen atoms in total. The Balaban J connectivity index is 1.79. The van der Waals surface area contributed by atoms with Crippen LogP contribution >= 0.6 is 0 Å². The lowest BCUT2D eigenvalue weighted by Gasteiger charge is -2.35. The van der Waals surface area contributed by atoms with Crippen molar-refractivity contribution in [2.45, 2.75) is 109 Å². The molecule has 0 bridgehead atoms. The number of nitrogens with one attached hydrogen (secondary N) is 2. The third kappa shape index (κ3) is 6.70. The lowest BCUT2D eigenvalue weighted by Crippen LogP contribution is -2.49. The van der Waals surface area contributed by atoms with E-state index in [2.05, 4.69) is 17.6 Å². The molecule has 4 atom stereocenters. The number of carbonyl (C=O) groups excluding carboxylic acids is 1. The molecule has 0 spiro atoms. The Morgan fingerprint density at radius 2 is 1.65 bits per heavy atom. The van der Waals surface area contributed by atoms with Gasteiger partial charge in [-0.05, 0) is 65.2 Å². The summed E-state index contributed by atoms with van der Waals surface area (Å²) in [6, 6.07) is 1.44. The van der Waals surface area contributed by atoms with E-state index in [1.54, 1.807) is 0 Å². The van der Waals surface area contributed by atoms with Crippen LogP contribution in [-0.2, 0) is 4.74 Å². The van der Waals surface area contributed by atoms with Gasteiger partial charge in [-0.15, -0.1) is 0 Å². The predicted molar refractivity (Wildman–Crippen MR) is 94.6 cm³/mol. The van der Waals surface area contributed by atoms with Gasteiger partial charge in [-0.1, -0.05) is 26.2 Å². The summed E-state index contributed by atoms with van der Waals surface area (Å²) in [4.78, 5) is 12.0. The zero-order valence-electron chi connectivity index (χ0n) is 15.5. The van der Waals surface area contributed by atoms with Gasteiger partial charge in [0.05, 0.1) is 0 Å². The first-order valence-electron chi connectivity index (χ1n) is 9.59. The molecule has 4 heteroatoms. The fraction of sp³-hybridized carbons (Fsp3) is 0.947. The van der Waals surface area contributed by atoms with Crippen LogP contribution in [0.4, 0.5) is 4.79 Å². The van der Waals surface area contributed by atoms with Crippen molar-refractivity contribution in [1.82, 2.24) is 10.6 Å². The Hall–Kier alpha value is -0.770. The fourth-order valence-corrected chi connectivity index (χ4v) is 3.99. The quantitative estimate of drug-likeness (QED) is 0.757. The van der Waals surface area contributed by atoms with Crippen LogP contribution in [-0.4, -0.2) is 29.8 Å². The summed E-state index contributed by atoms with van der Waals surface area (Å²) in [5.74, 6) is 0.775. The zero-order valence-corrected chi connectivity index (χ0v) is 15.5. The number of alkyl carbamates (subject to hydrolysis) is 1. The summed E-state index contributed by atoms with van der Waals surface area (Å²) in [6.07, 6.45) is 11.0. The first kappa shape index (κ1) is 18.6. The number of amides is 1. The molecule has 0 radical (unpaired) electrons. The second-order valence-electron chi connectivity index (χ2n) is 8.60. The van der Waals surface area contributed by atoms with Crippen molar-refractivity contribution in [3.05, 3.63) is 0 Å². The van der Waals surface area contributed by atoms with Gasteiger partial charge in [0.1, 0.15) is 5.60 Å². The van der Waals surface area contributed by atoms with E-state index in [1.165, 1.54) is 44.9 Å². The third-order valence-electron chi connectivity index (χ3n) is 5.21. The smallest absolute Gasteiger partial charge is 0.407 e. The molecule has 0 heterocycles. The molecular weight excluding hydrogens is 288 g/mol. The highest BCUT2D eigenvalue weighted by Gasteiger charge is 2.28. The molecule has 1 amide bonds. The van der Waals surface area contributed by atoms with Crippen LogP contribution in [0.25, 0.3) is 0 Å². The predicted octanol–water partition coefficient (Wildman–Crippen LogP) is 4.38. The van der Waals surface area contributed by atoms with Crippen LogP contribution in [0.3, 0.4) is 0 Å². The Bertz CT molecular complexity index is 378. The summed E-state index contributed by atoms with van der Waals surface area (Å²) < 4.78 is 5.39. The van der Waals surface area contributed by atoms with Crippen LogP contribution in [0.1, 0.15) is 85.5 Å². The largest absolute Gasteiger partial charge is 0.444 e. The van der Waals surface area contributed by atoms with Crippen LogP contribution in [0, 0.1) is 5.92 Å². The first-order valence-corrected chi connectivity index (χ1v) is 9.59. The van der Waals surface area contributed by atoms with E-state index in [0.717, 1.165) is 18.8 Å². The molecule has 0 saturated heterocycles. The van der Waals surface area contributed by atoms with Crippen LogP contribution < -0.4 is 10.6 Å². The molecule has 2 aliphatic carbocycles. The molecule has 0 aromatic heterocycles. The molecule has 2 aliphatic rings. The monoisotopic (exact) mass is 324 g/mol. The maximum atomic E-state index is 12.0. The van der Waals surface area contributed by atoms with Gasteiger partial charge in [-0.25, -0.2) is 4.79 Å². The normalized spacial score (nSPS) is 32.9. The summed E-state index contributed by atoms with van der Waals surface area (Å²) in [7, 11) is 0. The molecule has 0 aliphatic heterocycles. The Labute approximate surface area is 142 Å². The average Bonchev–Trinajstić information content (AvgIpc) is 2.62. The minimum absolute atomic E-state index is 0.247. The van der Waals surface area contributed by atoms with E-state index in [-0.39, 0.29) is 12.1 Å². The second-order valence-corrected chi connectivity index (χ2v) is 8.60. The molecule has 0 aromatic rings. The molecule has 2 N–H and O–H groups in total. The van der Waals surface area contributed by atoms with Gasteiger partial charge in [-0.3, -0.25) is 0 Å². The van der Waals surface area contributed by atoms with E-state index in [9.17, 15) is 4.79 Å². The van der Waals surface area contributed by atoms with Gasteiger partial charge in [0, 0.05) is 18.1 Å². The fourth-order valence-electron chi connectivity index (χ4n) is 3.99. The van der Waals surface area contributed by atoms with Crippen molar-refractivity contribution >= 4 is 6.09 Å². The van der Waals surface area contributed by atoms with Gasteiger partial charge in [0.2, 0.25) is 0 Å². The Morgan fingerprint density at radius 3 is 2.39 bits per heavy atom. The first-order chi connectivity index (χ1) is 10.8. The SMILES string of the molecule is CC1CCCCCC1NC1CCCC(NC(=O)OC(C)(C)C)C1. The van der Waals surface area contributed by atoms with Crippen LogP contribution in [0.5, 0.6) is 0 Å². The van der Waals surface area contributed by atoms with Gasteiger partial charge in [0.15, 0.2) is 0 Å². The highest BCUT2D eigenvalue weighted by atomic mass is 16.6. The van der Waals surface area contributed by atoms with Crippen molar-refractivity contribution in [3.63, 3.8) is 0 Å². The maximum absolute atomic E-state index is 12.0. The highest BCUT2D eigenvalue weighted by molar-refractivity contribution is 5.68.